The number of hydrogen-bond donors (Lipinski definition) is 2. The Kier molecular flexibility index (Phi) is 1.81. The van der Waals surface area contributed by atoms with Crippen LogP contribution in [0.1, 0.15) is 5.56 Å². The van der Waals surface area contributed by atoms with Crippen molar-refractivity contribution in [3.05, 3.63) is 23.8 Å². The molecule has 0 unspecified atom stereocenters. The van der Waals surface area contributed by atoms with E-state index in [4.69, 9.17) is 20.6 Å². The van der Waals surface area contributed by atoms with Gasteiger partial charge in [-0.1, -0.05) is 6.07 Å². The Balaban J connectivity index is 2.52. The van der Waals surface area contributed by atoms with Gasteiger partial charge in [0.1, 0.15) is 19.0 Å². The first kappa shape index (κ1) is 7.91. The van der Waals surface area contributed by atoms with Crippen molar-refractivity contribution in [1.82, 2.24) is 0 Å². The van der Waals surface area contributed by atoms with Gasteiger partial charge in [0.05, 0.1) is 5.56 Å². The topological polar surface area (TPSA) is 68.3 Å². The maximum absolute atomic E-state index is 7.32. The molecule has 0 saturated carbocycles. The van der Waals surface area contributed by atoms with E-state index >= 15 is 0 Å². The maximum atomic E-state index is 7.32. The second kappa shape index (κ2) is 2.97. The molecule has 2 rings (SSSR count). The second-order valence-electron chi connectivity index (χ2n) is 2.74. The fourth-order valence-electron chi connectivity index (χ4n) is 1.29. The van der Waals surface area contributed by atoms with E-state index in [1.54, 1.807) is 18.2 Å². The second-order valence-corrected chi connectivity index (χ2v) is 2.74. The highest BCUT2D eigenvalue weighted by molar-refractivity contribution is 5.98. The van der Waals surface area contributed by atoms with E-state index in [1.165, 1.54) is 0 Å². The number of nitrogen functional groups attached to an aromatic ring is 1. The molecule has 0 amide bonds. The molecule has 4 nitrogen and oxygen atoms in total. The number of ether oxygens (including phenoxy) is 2. The van der Waals surface area contributed by atoms with Crippen molar-refractivity contribution in [3.63, 3.8) is 0 Å². The molecule has 3 N–H and O–H groups in total. The van der Waals surface area contributed by atoms with Gasteiger partial charge in [-0.2, -0.15) is 0 Å². The van der Waals surface area contributed by atoms with Crippen LogP contribution in [0.3, 0.4) is 0 Å². The Morgan fingerprint density at radius 2 is 2.08 bits per heavy atom. The normalized spacial score (nSPS) is 13.8. The molecule has 68 valence electrons. The van der Waals surface area contributed by atoms with Gasteiger partial charge in [-0.05, 0) is 12.1 Å². The molecule has 0 spiro atoms. The fourth-order valence-corrected chi connectivity index (χ4v) is 1.29. The Morgan fingerprint density at radius 3 is 2.85 bits per heavy atom. The van der Waals surface area contributed by atoms with E-state index in [0.29, 0.717) is 30.3 Å². The molecular formula is C9H10N2O2. The Morgan fingerprint density at radius 1 is 1.31 bits per heavy atom. The Hall–Kier alpha value is -1.71. The zero-order valence-electron chi connectivity index (χ0n) is 7.04. The molecule has 0 bridgehead atoms. The van der Waals surface area contributed by atoms with Crippen molar-refractivity contribution in [3.8, 4) is 11.5 Å². The van der Waals surface area contributed by atoms with Crippen molar-refractivity contribution in [1.29, 1.82) is 5.41 Å². The smallest absolute Gasteiger partial charge is 0.172 e. The van der Waals surface area contributed by atoms with Crippen LogP contribution >= 0.6 is 0 Å². The third-order valence-corrected chi connectivity index (χ3v) is 1.86. The predicted molar refractivity (Wildman–Crippen MR) is 48.4 cm³/mol. The van der Waals surface area contributed by atoms with Crippen molar-refractivity contribution in [2.45, 2.75) is 0 Å². The maximum Gasteiger partial charge on any atom is 0.172 e. The standard InChI is InChI=1S/C9H10N2O2/c10-9(11)6-2-1-3-7-8(6)13-5-4-12-7/h1-3H,4-5H2,(H3,10,11). The molecule has 13 heavy (non-hydrogen) atoms. The molecule has 0 radical (unpaired) electrons. The molecule has 0 aliphatic carbocycles. The summed E-state index contributed by atoms with van der Waals surface area (Å²) in [5, 5.41) is 7.32. The highest BCUT2D eigenvalue weighted by Crippen LogP contribution is 2.32. The lowest BCUT2D eigenvalue weighted by atomic mass is 10.1. The van der Waals surface area contributed by atoms with Crippen LogP contribution in [0, 0.1) is 5.41 Å². The summed E-state index contributed by atoms with van der Waals surface area (Å²) in [4.78, 5) is 0. The van der Waals surface area contributed by atoms with Crippen LogP contribution in [0.25, 0.3) is 0 Å². The SMILES string of the molecule is N=C(N)c1cccc2c1OCCO2. The summed E-state index contributed by atoms with van der Waals surface area (Å²) in [6, 6.07) is 5.35. The van der Waals surface area contributed by atoms with E-state index in [0.717, 1.165) is 0 Å². The average Bonchev–Trinajstić information content (AvgIpc) is 2.17. The van der Waals surface area contributed by atoms with E-state index in [9.17, 15) is 0 Å². The Bertz CT molecular complexity index is 349. The summed E-state index contributed by atoms with van der Waals surface area (Å²) in [7, 11) is 0. The molecule has 0 atom stereocenters. The summed E-state index contributed by atoms with van der Waals surface area (Å²) in [6.45, 7) is 1.06. The average molecular weight is 178 g/mol. The predicted octanol–water partition coefficient (Wildman–Crippen LogP) is 0.742. The molecule has 1 aromatic carbocycles. The highest BCUT2D eigenvalue weighted by Gasteiger charge is 2.16. The van der Waals surface area contributed by atoms with Gasteiger partial charge in [0.2, 0.25) is 0 Å². The number of para-hydroxylation sites is 1. The molecular weight excluding hydrogens is 168 g/mol. The zero-order valence-corrected chi connectivity index (χ0v) is 7.04. The van der Waals surface area contributed by atoms with Gasteiger partial charge < -0.3 is 15.2 Å². The number of hydrogen-bond acceptors (Lipinski definition) is 3. The number of amidine groups is 1. The lowest BCUT2D eigenvalue weighted by molar-refractivity contribution is 0.171. The summed E-state index contributed by atoms with van der Waals surface area (Å²) in [5.74, 6) is 1.25. The molecule has 0 fully saturated rings. The molecule has 0 aromatic heterocycles. The number of rotatable bonds is 1. The zero-order chi connectivity index (χ0) is 9.26. The van der Waals surface area contributed by atoms with Crippen LogP contribution in [-0.2, 0) is 0 Å². The highest BCUT2D eigenvalue weighted by atomic mass is 16.6. The minimum Gasteiger partial charge on any atom is -0.486 e. The lowest BCUT2D eigenvalue weighted by Crippen LogP contribution is -2.20. The van der Waals surface area contributed by atoms with Gasteiger partial charge in [-0.3, -0.25) is 5.41 Å². The van der Waals surface area contributed by atoms with Crippen molar-refractivity contribution in [2.24, 2.45) is 5.73 Å². The van der Waals surface area contributed by atoms with E-state index in [2.05, 4.69) is 0 Å². The van der Waals surface area contributed by atoms with Crippen molar-refractivity contribution in [2.75, 3.05) is 13.2 Å². The minimum absolute atomic E-state index is 0.00218. The summed E-state index contributed by atoms with van der Waals surface area (Å²) >= 11 is 0. The number of benzene rings is 1. The number of nitrogens with two attached hydrogens (primary N) is 1. The lowest BCUT2D eigenvalue weighted by Gasteiger charge is -2.20. The van der Waals surface area contributed by atoms with E-state index in [1.807, 2.05) is 0 Å². The summed E-state index contributed by atoms with van der Waals surface area (Å²) < 4.78 is 10.7. The largest absolute Gasteiger partial charge is 0.486 e. The fraction of sp³-hybridized carbons (Fsp3) is 0.222. The monoisotopic (exact) mass is 178 g/mol. The van der Waals surface area contributed by atoms with E-state index < -0.39 is 0 Å². The van der Waals surface area contributed by atoms with Gasteiger partial charge in [-0.25, -0.2) is 0 Å². The molecule has 1 heterocycles. The van der Waals surface area contributed by atoms with Crippen LogP contribution in [0.15, 0.2) is 18.2 Å². The van der Waals surface area contributed by atoms with Crippen LogP contribution < -0.4 is 15.2 Å². The molecule has 1 aromatic rings. The molecule has 1 aliphatic heterocycles. The Labute approximate surface area is 75.8 Å². The van der Waals surface area contributed by atoms with Gasteiger partial charge >= 0.3 is 0 Å². The van der Waals surface area contributed by atoms with E-state index in [-0.39, 0.29) is 5.84 Å². The van der Waals surface area contributed by atoms with Crippen LogP contribution in [0.4, 0.5) is 0 Å². The quantitative estimate of drug-likeness (QED) is 0.492. The van der Waals surface area contributed by atoms with Gasteiger partial charge in [0.25, 0.3) is 0 Å². The third-order valence-electron chi connectivity index (χ3n) is 1.86. The van der Waals surface area contributed by atoms with Crippen molar-refractivity contribution < 1.29 is 9.47 Å². The van der Waals surface area contributed by atoms with Crippen molar-refractivity contribution >= 4 is 5.84 Å². The first-order valence-corrected chi connectivity index (χ1v) is 4.02. The molecule has 0 saturated heterocycles. The minimum atomic E-state index is 0.00218. The van der Waals surface area contributed by atoms with Gasteiger partial charge in [-0.15, -0.1) is 0 Å². The van der Waals surface area contributed by atoms with Gasteiger partial charge in [0, 0.05) is 0 Å². The first-order valence-electron chi connectivity index (χ1n) is 4.02. The molecule has 4 heteroatoms. The van der Waals surface area contributed by atoms with Gasteiger partial charge in [0.15, 0.2) is 11.5 Å². The van der Waals surface area contributed by atoms with Crippen LogP contribution in [0.5, 0.6) is 11.5 Å². The van der Waals surface area contributed by atoms with Crippen LogP contribution in [0.2, 0.25) is 0 Å². The summed E-state index contributed by atoms with van der Waals surface area (Å²) in [5.41, 5.74) is 5.98. The first-order chi connectivity index (χ1) is 6.29. The summed E-state index contributed by atoms with van der Waals surface area (Å²) in [6.07, 6.45) is 0. The number of nitrogens with one attached hydrogen (secondary N) is 1. The molecule has 1 aliphatic rings. The van der Waals surface area contributed by atoms with Crippen LogP contribution in [-0.4, -0.2) is 19.0 Å². The third kappa shape index (κ3) is 1.30. The number of fused-ring (bicyclic) bond motifs is 1.